The van der Waals surface area contributed by atoms with Crippen molar-refractivity contribution in [2.75, 3.05) is 0 Å². The highest BCUT2D eigenvalue weighted by molar-refractivity contribution is 8.01. The molecule has 3 nitrogen and oxygen atoms in total. The van der Waals surface area contributed by atoms with Gasteiger partial charge in [0.15, 0.2) is 10.1 Å². The maximum Gasteiger partial charge on any atom is 0.182 e. The number of ketones is 1. The molecule has 4 aromatic rings. The third-order valence-electron chi connectivity index (χ3n) is 3.82. The average Bonchev–Trinajstić information content (AvgIpc) is 3.29. The molecule has 1 unspecified atom stereocenters. The molecule has 0 aliphatic heterocycles. The molecule has 4 rings (SSSR count). The van der Waals surface area contributed by atoms with Crippen molar-refractivity contribution in [3.63, 3.8) is 0 Å². The maximum atomic E-state index is 13.3. The van der Waals surface area contributed by atoms with E-state index in [1.165, 1.54) is 11.8 Å². The van der Waals surface area contributed by atoms with Gasteiger partial charge in [0.2, 0.25) is 0 Å². The molecule has 5 heteroatoms. The molecule has 0 aliphatic carbocycles. The van der Waals surface area contributed by atoms with Gasteiger partial charge in [-0.3, -0.25) is 4.79 Å². The van der Waals surface area contributed by atoms with Crippen LogP contribution in [0, 0.1) is 0 Å². The second-order valence-corrected chi connectivity index (χ2v) is 7.57. The van der Waals surface area contributed by atoms with Crippen LogP contribution in [-0.4, -0.2) is 15.8 Å². The van der Waals surface area contributed by atoms with Gasteiger partial charge in [0.25, 0.3) is 0 Å². The summed E-state index contributed by atoms with van der Waals surface area (Å²) in [6, 6.07) is 17.8. The lowest BCUT2D eigenvalue weighted by Crippen LogP contribution is -2.09. The number of hydrogen-bond donors (Lipinski definition) is 1. The fourth-order valence-corrected chi connectivity index (χ4v) is 4.57. The predicted octanol–water partition coefficient (Wildman–Crippen LogP) is 5.34. The zero-order valence-corrected chi connectivity index (χ0v) is 14.3. The summed E-state index contributed by atoms with van der Waals surface area (Å²) in [6.45, 7) is 0. The van der Waals surface area contributed by atoms with Gasteiger partial charge >= 0.3 is 0 Å². The van der Waals surface area contributed by atoms with Crippen molar-refractivity contribution in [3.05, 3.63) is 83.5 Å². The summed E-state index contributed by atoms with van der Waals surface area (Å²) >= 11 is 3.06. The van der Waals surface area contributed by atoms with Crippen molar-refractivity contribution in [1.29, 1.82) is 0 Å². The van der Waals surface area contributed by atoms with E-state index in [1.54, 1.807) is 17.5 Å². The molecule has 2 aromatic carbocycles. The molecule has 0 aliphatic rings. The standard InChI is InChI=1S/C19H14N2OS2/c22-17(15-12-21-16-9-5-4-8-14(15)16)18(13-6-2-1-3-7-13)24-19-20-10-11-23-19/h1-12,18,21H. The lowest BCUT2D eigenvalue weighted by Gasteiger charge is -2.14. The Bertz CT molecular complexity index is 961. The van der Waals surface area contributed by atoms with Crippen LogP contribution in [0.5, 0.6) is 0 Å². The monoisotopic (exact) mass is 350 g/mol. The van der Waals surface area contributed by atoms with Gasteiger partial charge in [-0.1, -0.05) is 60.3 Å². The molecule has 0 saturated carbocycles. The molecule has 118 valence electrons. The Morgan fingerprint density at radius 1 is 1.08 bits per heavy atom. The van der Waals surface area contributed by atoms with Gasteiger partial charge in [0.1, 0.15) is 5.25 Å². The number of aromatic amines is 1. The molecule has 0 spiro atoms. The first-order valence-corrected chi connectivity index (χ1v) is 9.30. The molecule has 2 aromatic heterocycles. The summed E-state index contributed by atoms with van der Waals surface area (Å²) in [6.07, 6.45) is 3.58. The molecule has 0 saturated heterocycles. The Morgan fingerprint density at radius 3 is 2.67 bits per heavy atom. The van der Waals surface area contributed by atoms with E-state index in [-0.39, 0.29) is 11.0 Å². The number of fused-ring (bicyclic) bond motifs is 1. The molecule has 0 fully saturated rings. The van der Waals surface area contributed by atoms with Crippen LogP contribution in [0.15, 0.2) is 76.7 Å². The molecule has 0 radical (unpaired) electrons. The zero-order valence-electron chi connectivity index (χ0n) is 12.7. The van der Waals surface area contributed by atoms with Crippen LogP contribution in [0.1, 0.15) is 21.2 Å². The Kier molecular flexibility index (Phi) is 4.19. The second-order valence-electron chi connectivity index (χ2n) is 5.32. The van der Waals surface area contributed by atoms with E-state index < -0.39 is 0 Å². The van der Waals surface area contributed by atoms with Crippen molar-refractivity contribution in [3.8, 4) is 0 Å². The highest BCUT2D eigenvalue weighted by atomic mass is 32.2. The summed E-state index contributed by atoms with van der Waals surface area (Å²) in [4.78, 5) is 20.8. The van der Waals surface area contributed by atoms with E-state index in [2.05, 4.69) is 9.97 Å². The van der Waals surface area contributed by atoms with Crippen molar-refractivity contribution < 1.29 is 4.79 Å². The Morgan fingerprint density at radius 2 is 1.88 bits per heavy atom. The summed E-state index contributed by atoms with van der Waals surface area (Å²) in [5, 5.41) is 2.58. The van der Waals surface area contributed by atoms with Gasteiger partial charge in [0, 0.05) is 34.2 Å². The smallest absolute Gasteiger partial charge is 0.182 e. The topological polar surface area (TPSA) is 45.8 Å². The average molecular weight is 350 g/mol. The van der Waals surface area contributed by atoms with Crippen molar-refractivity contribution in [2.45, 2.75) is 9.59 Å². The molecule has 2 heterocycles. The Labute approximate surface area is 147 Å². The quantitative estimate of drug-likeness (QED) is 0.390. The van der Waals surface area contributed by atoms with Gasteiger partial charge in [-0.15, -0.1) is 11.3 Å². The van der Waals surface area contributed by atoms with Crippen molar-refractivity contribution in [2.24, 2.45) is 0 Å². The molecule has 1 N–H and O–H groups in total. The number of H-pyrrole nitrogens is 1. The molecular weight excluding hydrogens is 336 g/mol. The summed E-state index contributed by atoms with van der Waals surface area (Å²) < 4.78 is 0.900. The third-order valence-corrected chi connectivity index (χ3v) is 5.99. The SMILES string of the molecule is O=C(c1c[nH]c2ccccc12)C(Sc1nccs1)c1ccccc1. The highest BCUT2D eigenvalue weighted by Gasteiger charge is 2.26. The van der Waals surface area contributed by atoms with Crippen LogP contribution in [0.4, 0.5) is 0 Å². The first kappa shape index (κ1) is 15.2. The number of aromatic nitrogens is 2. The number of rotatable bonds is 5. The van der Waals surface area contributed by atoms with E-state index >= 15 is 0 Å². The number of thioether (sulfide) groups is 1. The third kappa shape index (κ3) is 2.88. The van der Waals surface area contributed by atoms with E-state index in [0.717, 1.165) is 26.4 Å². The number of benzene rings is 2. The largest absolute Gasteiger partial charge is 0.360 e. The van der Waals surface area contributed by atoms with Gasteiger partial charge in [-0.25, -0.2) is 4.98 Å². The number of thiazole rings is 1. The van der Waals surface area contributed by atoms with E-state index in [9.17, 15) is 4.79 Å². The van der Waals surface area contributed by atoms with Crippen LogP contribution in [0.2, 0.25) is 0 Å². The minimum atomic E-state index is -0.309. The number of nitrogens with zero attached hydrogens (tertiary/aromatic N) is 1. The van der Waals surface area contributed by atoms with E-state index in [0.29, 0.717) is 0 Å². The van der Waals surface area contributed by atoms with Crippen LogP contribution in [-0.2, 0) is 0 Å². The van der Waals surface area contributed by atoms with Crippen molar-refractivity contribution in [1.82, 2.24) is 9.97 Å². The number of para-hydroxylation sites is 1. The summed E-state index contributed by atoms with van der Waals surface area (Å²) in [5.41, 5.74) is 2.70. The van der Waals surface area contributed by atoms with Gasteiger partial charge in [-0.2, -0.15) is 0 Å². The molecule has 24 heavy (non-hydrogen) atoms. The zero-order chi connectivity index (χ0) is 16.4. The van der Waals surface area contributed by atoms with Crippen molar-refractivity contribution >= 4 is 39.8 Å². The number of Topliss-reactive ketones (excluding diaryl/α,β-unsaturated/α-hetero) is 1. The number of nitrogens with one attached hydrogen (secondary N) is 1. The minimum absolute atomic E-state index is 0.0962. The van der Waals surface area contributed by atoms with E-state index in [4.69, 9.17) is 0 Å². The Hall–Kier alpha value is -2.37. The molecule has 0 amide bonds. The van der Waals surface area contributed by atoms with Crippen LogP contribution >= 0.6 is 23.1 Å². The minimum Gasteiger partial charge on any atom is -0.360 e. The summed E-state index contributed by atoms with van der Waals surface area (Å²) in [7, 11) is 0. The number of carbonyl (C=O) groups excluding carboxylic acids is 1. The first-order valence-electron chi connectivity index (χ1n) is 7.54. The van der Waals surface area contributed by atoms with E-state index in [1.807, 2.05) is 66.2 Å². The van der Waals surface area contributed by atoms with Crippen LogP contribution < -0.4 is 0 Å². The maximum absolute atomic E-state index is 13.3. The fraction of sp³-hybridized carbons (Fsp3) is 0.0526. The molecule has 1 atom stereocenters. The molecular formula is C19H14N2OS2. The fourth-order valence-electron chi connectivity index (χ4n) is 2.69. The highest BCUT2D eigenvalue weighted by Crippen LogP contribution is 2.39. The van der Waals surface area contributed by atoms with Gasteiger partial charge in [-0.05, 0) is 11.6 Å². The normalized spacial score (nSPS) is 12.3. The second kappa shape index (κ2) is 6.63. The Balaban J connectivity index is 1.76. The van der Waals surface area contributed by atoms with Gasteiger partial charge < -0.3 is 4.98 Å². The summed E-state index contributed by atoms with van der Waals surface area (Å²) in [5.74, 6) is 0.0962. The van der Waals surface area contributed by atoms with Gasteiger partial charge in [0.05, 0.1) is 0 Å². The lowest BCUT2D eigenvalue weighted by atomic mass is 10.0. The molecule has 0 bridgehead atoms. The first-order chi connectivity index (χ1) is 11.8. The number of hydrogen-bond acceptors (Lipinski definition) is 4. The van der Waals surface area contributed by atoms with Crippen LogP contribution in [0.25, 0.3) is 10.9 Å². The lowest BCUT2D eigenvalue weighted by molar-refractivity contribution is 0.0991. The number of carbonyl (C=O) groups is 1. The predicted molar refractivity (Wildman–Crippen MR) is 99.8 cm³/mol. The van der Waals surface area contributed by atoms with Crippen LogP contribution in [0.3, 0.4) is 0 Å².